The molecule has 1 saturated carbocycles. The minimum absolute atomic E-state index is 0.0294. The van der Waals surface area contributed by atoms with E-state index in [1.165, 1.54) is 0 Å². The van der Waals surface area contributed by atoms with Gasteiger partial charge in [0.2, 0.25) is 5.91 Å². The van der Waals surface area contributed by atoms with Gasteiger partial charge in [-0.3, -0.25) is 9.59 Å². The van der Waals surface area contributed by atoms with Crippen molar-refractivity contribution in [3.05, 3.63) is 42.0 Å². The van der Waals surface area contributed by atoms with Crippen molar-refractivity contribution in [3.63, 3.8) is 0 Å². The number of benzene rings is 1. The van der Waals surface area contributed by atoms with Crippen LogP contribution >= 0.6 is 0 Å². The third-order valence-electron chi connectivity index (χ3n) is 3.92. The highest BCUT2D eigenvalue weighted by Crippen LogP contribution is 2.23. The smallest absolute Gasteiger partial charge is 0.253 e. The first-order valence-electron chi connectivity index (χ1n) is 7.59. The molecule has 2 amide bonds. The Morgan fingerprint density at radius 1 is 1.14 bits per heavy atom. The Hall–Kier alpha value is -2.10. The van der Waals surface area contributed by atoms with Crippen LogP contribution in [0.5, 0.6) is 0 Å². The summed E-state index contributed by atoms with van der Waals surface area (Å²) in [5.41, 5.74) is 1.14. The van der Waals surface area contributed by atoms with Crippen LogP contribution in [-0.2, 0) is 4.79 Å². The van der Waals surface area contributed by atoms with E-state index in [0.717, 1.165) is 25.7 Å². The van der Waals surface area contributed by atoms with Crippen molar-refractivity contribution in [1.82, 2.24) is 5.32 Å². The molecule has 1 aromatic carbocycles. The highest BCUT2D eigenvalue weighted by atomic mass is 16.2. The molecule has 1 aromatic rings. The number of carbonyl (C=O) groups excluding carboxylic acids is 2. The maximum Gasteiger partial charge on any atom is 0.253 e. The predicted octanol–water partition coefficient (Wildman–Crippen LogP) is 2.87. The summed E-state index contributed by atoms with van der Waals surface area (Å²) in [7, 11) is 0. The third kappa shape index (κ3) is 3.72. The third-order valence-corrected chi connectivity index (χ3v) is 3.92. The molecule has 0 aromatic heterocycles. The Morgan fingerprint density at radius 2 is 1.95 bits per heavy atom. The number of para-hydroxylation sites is 1. The summed E-state index contributed by atoms with van der Waals surface area (Å²) >= 11 is 0. The van der Waals surface area contributed by atoms with E-state index in [1.54, 1.807) is 12.1 Å². The average Bonchev–Trinajstić information content (AvgIpc) is 3.13. The molecule has 0 spiro atoms. The molecule has 2 aliphatic rings. The van der Waals surface area contributed by atoms with Crippen LogP contribution in [0.1, 0.15) is 42.5 Å². The zero-order chi connectivity index (χ0) is 14.7. The molecule has 2 N–H and O–H groups in total. The fourth-order valence-corrected chi connectivity index (χ4v) is 2.59. The van der Waals surface area contributed by atoms with E-state index in [2.05, 4.69) is 22.8 Å². The second-order valence-electron chi connectivity index (χ2n) is 5.81. The van der Waals surface area contributed by atoms with Gasteiger partial charge >= 0.3 is 0 Å². The Bertz CT molecular complexity index is 576. The molecule has 110 valence electrons. The van der Waals surface area contributed by atoms with Crippen LogP contribution in [0.4, 0.5) is 5.69 Å². The summed E-state index contributed by atoms with van der Waals surface area (Å²) in [6.45, 7) is 0. The van der Waals surface area contributed by atoms with Gasteiger partial charge in [-0.2, -0.15) is 0 Å². The lowest BCUT2D eigenvalue weighted by Gasteiger charge is -2.12. The van der Waals surface area contributed by atoms with Crippen molar-refractivity contribution in [2.45, 2.75) is 38.1 Å². The van der Waals surface area contributed by atoms with Gasteiger partial charge in [0, 0.05) is 12.5 Å². The normalized spacial score (nSPS) is 20.3. The first-order valence-corrected chi connectivity index (χ1v) is 7.59. The zero-order valence-corrected chi connectivity index (χ0v) is 12.0. The van der Waals surface area contributed by atoms with Crippen LogP contribution in [0, 0.1) is 5.92 Å². The number of hydrogen-bond acceptors (Lipinski definition) is 2. The average molecular weight is 284 g/mol. The van der Waals surface area contributed by atoms with Gasteiger partial charge in [-0.15, -0.1) is 0 Å². The predicted molar refractivity (Wildman–Crippen MR) is 82.0 cm³/mol. The lowest BCUT2D eigenvalue weighted by molar-refractivity contribution is -0.116. The van der Waals surface area contributed by atoms with Gasteiger partial charge in [0.15, 0.2) is 0 Å². The Kier molecular flexibility index (Phi) is 4.04. The van der Waals surface area contributed by atoms with Gasteiger partial charge in [0.25, 0.3) is 5.91 Å². The summed E-state index contributed by atoms with van der Waals surface area (Å²) in [6, 6.07) is 7.49. The van der Waals surface area contributed by atoms with Gasteiger partial charge < -0.3 is 10.6 Å². The fraction of sp³-hybridized carbons (Fsp3) is 0.412. The fourth-order valence-electron chi connectivity index (χ4n) is 2.59. The standard InChI is InChI=1S/C17H20N2O2/c20-16(11-12-5-1-2-6-12)19-15-8-4-3-7-14(15)17(21)18-13-9-10-13/h1,3-5,7-8,12-13H,2,6,9-11H2,(H,18,21)(H,19,20)/t12-/m1/s1. The van der Waals surface area contributed by atoms with Crippen LogP contribution in [-0.4, -0.2) is 17.9 Å². The molecule has 4 heteroatoms. The van der Waals surface area contributed by atoms with Gasteiger partial charge in [0.1, 0.15) is 0 Å². The molecule has 0 bridgehead atoms. The molecular formula is C17H20N2O2. The number of nitrogens with one attached hydrogen (secondary N) is 2. The summed E-state index contributed by atoms with van der Waals surface area (Å²) in [6.07, 6.45) is 8.90. The number of rotatable bonds is 5. The van der Waals surface area contributed by atoms with Crippen molar-refractivity contribution in [2.24, 2.45) is 5.92 Å². The van der Waals surface area contributed by atoms with E-state index in [9.17, 15) is 9.59 Å². The largest absolute Gasteiger partial charge is 0.349 e. The van der Waals surface area contributed by atoms with Gasteiger partial charge in [-0.05, 0) is 43.7 Å². The van der Waals surface area contributed by atoms with E-state index in [-0.39, 0.29) is 11.8 Å². The summed E-state index contributed by atoms with van der Waals surface area (Å²) in [5.74, 6) is 0.199. The highest BCUT2D eigenvalue weighted by Gasteiger charge is 2.25. The minimum Gasteiger partial charge on any atom is -0.349 e. The van der Waals surface area contributed by atoms with Gasteiger partial charge in [0.05, 0.1) is 11.3 Å². The molecule has 4 nitrogen and oxygen atoms in total. The number of carbonyl (C=O) groups is 2. The van der Waals surface area contributed by atoms with Crippen molar-refractivity contribution in [1.29, 1.82) is 0 Å². The SMILES string of the molecule is O=C(C[C@@H]1C=CCC1)Nc1ccccc1C(=O)NC1CC1. The van der Waals surface area contributed by atoms with Crippen LogP contribution in [0.2, 0.25) is 0 Å². The molecule has 1 fully saturated rings. The Balaban J connectivity index is 1.64. The van der Waals surface area contributed by atoms with Crippen LogP contribution < -0.4 is 10.6 Å². The van der Waals surface area contributed by atoms with Crippen molar-refractivity contribution in [3.8, 4) is 0 Å². The van der Waals surface area contributed by atoms with Crippen molar-refractivity contribution in [2.75, 3.05) is 5.32 Å². The van der Waals surface area contributed by atoms with E-state index < -0.39 is 0 Å². The molecular weight excluding hydrogens is 264 g/mol. The topological polar surface area (TPSA) is 58.2 Å². The van der Waals surface area contributed by atoms with Gasteiger partial charge in [-0.25, -0.2) is 0 Å². The number of anilines is 1. The van der Waals surface area contributed by atoms with E-state index in [0.29, 0.717) is 29.6 Å². The molecule has 2 aliphatic carbocycles. The molecule has 0 unspecified atom stereocenters. The second kappa shape index (κ2) is 6.12. The molecule has 0 saturated heterocycles. The molecule has 0 heterocycles. The summed E-state index contributed by atoms with van der Waals surface area (Å²) in [4.78, 5) is 24.3. The molecule has 21 heavy (non-hydrogen) atoms. The molecule has 3 rings (SSSR count). The molecule has 1 atom stereocenters. The van der Waals surface area contributed by atoms with Crippen LogP contribution in [0.25, 0.3) is 0 Å². The lowest BCUT2D eigenvalue weighted by atomic mass is 10.0. The number of hydrogen-bond donors (Lipinski definition) is 2. The second-order valence-corrected chi connectivity index (χ2v) is 5.81. The lowest BCUT2D eigenvalue weighted by Crippen LogP contribution is -2.27. The van der Waals surface area contributed by atoms with E-state index in [1.807, 2.05) is 12.1 Å². The maximum atomic E-state index is 12.2. The summed E-state index contributed by atoms with van der Waals surface area (Å²) in [5, 5.41) is 5.83. The van der Waals surface area contributed by atoms with Gasteiger partial charge in [-0.1, -0.05) is 24.3 Å². The first kappa shape index (κ1) is 13.9. The Labute approximate surface area is 124 Å². The molecule has 0 radical (unpaired) electrons. The monoisotopic (exact) mass is 284 g/mol. The van der Waals surface area contributed by atoms with Crippen LogP contribution in [0.3, 0.4) is 0 Å². The first-order chi connectivity index (χ1) is 10.2. The molecule has 0 aliphatic heterocycles. The van der Waals surface area contributed by atoms with Crippen molar-refractivity contribution < 1.29 is 9.59 Å². The highest BCUT2D eigenvalue weighted by molar-refractivity contribution is 6.04. The minimum atomic E-state index is -0.103. The Morgan fingerprint density at radius 3 is 2.67 bits per heavy atom. The summed E-state index contributed by atoms with van der Waals surface area (Å²) < 4.78 is 0. The van der Waals surface area contributed by atoms with Crippen LogP contribution in [0.15, 0.2) is 36.4 Å². The number of allylic oxidation sites excluding steroid dienone is 2. The van der Waals surface area contributed by atoms with Crippen molar-refractivity contribution >= 4 is 17.5 Å². The number of amides is 2. The quantitative estimate of drug-likeness (QED) is 0.817. The maximum absolute atomic E-state index is 12.2. The van der Waals surface area contributed by atoms with E-state index in [4.69, 9.17) is 0 Å². The zero-order valence-electron chi connectivity index (χ0n) is 12.0. The van der Waals surface area contributed by atoms with E-state index >= 15 is 0 Å².